The van der Waals surface area contributed by atoms with Crippen LogP contribution in [0.15, 0.2) is 24.3 Å². The fraction of sp³-hybridized carbons (Fsp3) is 0.231. The molecular formula is C13H11NO2S. The van der Waals surface area contributed by atoms with E-state index in [1.165, 1.54) is 16.9 Å². The number of aromatic nitrogens is 1. The molecule has 0 saturated heterocycles. The summed E-state index contributed by atoms with van der Waals surface area (Å²) in [6.07, 6.45) is 0.886. The van der Waals surface area contributed by atoms with Gasteiger partial charge in [-0.3, -0.25) is 0 Å². The number of carbonyl (C=O) groups is 1. The highest BCUT2D eigenvalue weighted by molar-refractivity contribution is 7.14. The van der Waals surface area contributed by atoms with Crippen molar-refractivity contribution in [2.24, 2.45) is 0 Å². The molecule has 1 aliphatic rings. The molecule has 0 spiro atoms. The molecule has 0 amide bonds. The first-order chi connectivity index (χ1) is 8.16. The monoisotopic (exact) mass is 245 g/mol. The Bertz CT molecular complexity index is 603. The Morgan fingerprint density at radius 3 is 3.00 bits per heavy atom. The van der Waals surface area contributed by atoms with Crippen molar-refractivity contribution in [1.29, 1.82) is 0 Å². The van der Waals surface area contributed by atoms with Gasteiger partial charge in [-0.1, -0.05) is 31.2 Å². The number of benzene rings is 1. The van der Waals surface area contributed by atoms with Crippen LogP contribution in [0.3, 0.4) is 0 Å². The second kappa shape index (κ2) is 3.67. The van der Waals surface area contributed by atoms with Crippen LogP contribution < -0.4 is 0 Å². The zero-order valence-electron chi connectivity index (χ0n) is 9.30. The summed E-state index contributed by atoms with van der Waals surface area (Å²) in [6, 6.07) is 8.11. The number of rotatable bonds is 1. The molecule has 1 N–H and O–H groups in total. The molecule has 1 heterocycles. The minimum Gasteiger partial charge on any atom is -0.476 e. The standard InChI is InChI=1S/C13H11NO2S/c1-7-6-10-11(14-12(17-10)13(15)16)9-5-3-2-4-8(7)9/h2-5,7H,6H2,1H3,(H,15,16). The van der Waals surface area contributed by atoms with Crippen LogP contribution in [-0.2, 0) is 6.42 Å². The minimum atomic E-state index is -0.936. The fourth-order valence-electron chi connectivity index (χ4n) is 2.32. The second-order valence-corrected chi connectivity index (χ2v) is 5.37. The predicted molar refractivity (Wildman–Crippen MR) is 66.6 cm³/mol. The third kappa shape index (κ3) is 1.56. The molecule has 1 atom stereocenters. The molecule has 1 aromatic heterocycles. The number of carboxylic acids is 1. The summed E-state index contributed by atoms with van der Waals surface area (Å²) in [5.74, 6) is -0.504. The molecular weight excluding hydrogens is 234 g/mol. The van der Waals surface area contributed by atoms with Crippen molar-refractivity contribution in [3.05, 3.63) is 39.7 Å². The van der Waals surface area contributed by atoms with Crippen LogP contribution in [0, 0.1) is 0 Å². The van der Waals surface area contributed by atoms with Gasteiger partial charge in [-0.2, -0.15) is 0 Å². The van der Waals surface area contributed by atoms with Gasteiger partial charge in [-0.15, -0.1) is 11.3 Å². The van der Waals surface area contributed by atoms with Gasteiger partial charge in [0.25, 0.3) is 0 Å². The van der Waals surface area contributed by atoms with Crippen molar-refractivity contribution in [3.8, 4) is 11.3 Å². The van der Waals surface area contributed by atoms with Crippen molar-refractivity contribution in [2.75, 3.05) is 0 Å². The zero-order valence-corrected chi connectivity index (χ0v) is 10.1. The highest BCUT2D eigenvalue weighted by atomic mass is 32.1. The Morgan fingerprint density at radius 2 is 2.24 bits per heavy atom. The van der Waals surface area contributed by atoms with Crippen LogP contribution in [0.25, 0.3) is 11.3 Å². The van der Waals surface area contributed by atoms with E-state index in [0.29, 0.717) is 5.92 Å². The summed E-state index contributed by atoms with van der Waals surface area (Å²) in [6.45, 7) is 2.17. The molecule has 0 saturated carbocycles. The highest BCUT2D eigenvalue weighted by Gasteiger charge is 2.26. The lowest BCUT2D eigenvalue weighted by Gasteiger charge is -2.20. The third-order valence-electron chi connectivity index (χ3n) is 3.12. The van der Waals surface area contributed by atoms with Gasteiger partial charge in [0, 0.05) is 10.4 Å². The molecule has 86 valence electrons. The molecule has 1 aliphatic carbocycles. The van der Waals surface area contributed by atoms with E-state index in [-0.39, 0.29) is 5.01 Å². The second-order valence-electron chi connectivity index (χ2n) is 4.29. The minimum absolute atomic E-state index is 0.193. The molecule has 3 rings (SSSR count). The average molecular weight is 245 g/mol. The van der Waals surface area contributed by atoms with Crippen molar-refractivity contribution in [1.82, 2.24) is 4.98 Å². The van der Waals surface area contributed by atoms with Crippen LogP contribution in [0.1, 0.15) is 33.1 Å². The number of nitrogens with zero attached hydrogens (tertiary/aromatic N) is 1. The molecule has 4 heteroatoms. The largest absolute Gasteiger partial charge is 0.476 e. The van der Waals surface area contributed by atoms with Gasteiger partial charge in [0.05, 0.1) is 5.69 Å². The van der Waals surface area contributed by atoms with E-state index >= 15 is 0 Å². The topological polar surface area (TPSA) is 50.2 Å². The first-order valence-corrected chi connectivity index (χ1v) is 6.30. The molecule has 1 unspecified atom stereocenters. The highest BCUT2D eigenvalue weighted by Crippen LogP contribution is 2.41. The van der Waals surface area contributed by atoms with Gasteiger partial charge >= 0.3 is 5.97 Å². The predicted octanol–water partition coefficient (Wildman–Crippen LogP) is 3.17. The number of thiazole rings is 1. The first kappa shape index (κ1) is 10.5. The normalized spacial score (nSPS) is 17.4. The van der Waals surface area contributed by atoms with Gasteiger partial charge in [0.2, 0.25) is 5.01 Å². The van der Waals surface area contributed by atoms with Gasteiger partial charge in [-0.25, -0.2) is 9.78 Å². The number of hydrogen-bond acceptors (Lipinski definition) is 3. The van der Waals surface area contributed by atoms with Crippen LogP contribution in [0.4, 0.5) is 0 Å². The molecule has 0 fully saturated rings. The summed E-state index contributed by atoms with van der Waals surface area (Å²) in [7, 11) is 0. The summed E-state index contributed by atoms with van der Waals surface area (Å²) in [5, 5.41) is 9.19. The number of aromatic carboxylic acids is 1. The van der Waals surface area contributed by atoms with E-state index in [1.807, 2.05) is 18.2 Å². The van der Waals surface area contributed by atoms with Crippen molar-refractivity contribution in [3.63, 3.8) is 0 Å². The smallest absolute Gasteiger partial charge is 0.365 e. The van der Waals surface area contributed by atoms with E-state index < -0.39 is 5.97 Å². The SMILES string of the molecule is CC1Cc2sc(C(=O)O)nc2-c2ccccc21. The van der Waals surface area contributed by atoms with Gasteiger partial charge in [0.15, 0.2) is 0 Å². The molecule has 0 bridgehead atoms. The molecule has 17 heavy (non-hydrogen) atoms. The molecule has 2 aromatic rings. The first-order valence-electron chi connectivity index (χ1n) is 5.49. The summed E-state index contributed by atoms with van der Waals surface area (Å²) in [4.78, 5) is 16.3. The third-order valence-corrected chi connectivity index (χ3v) is 4.18. The van der Waals surface area contributed by atoms with E-state index in [1.54, 1.807) is 0 Å². The molecule has 0 radical (unpaired) electrons. The Hall–Kier alpha value is -1.68. The van der Waals surface area contributed by atoms with Crippen LogP contribution >= 0.6 is 11.3 Å². The maximum atomic E-state index is 11.0. The van der Waals surface area contributed by atoms with E-state index in [9.17, 15) is 4.79 Å². The van der Waals surface area contributed by atoms with Crippen LogP contribution in [0.2, 0.25) is 0 Å². The summed E-state index contributed by atoms with van der Waals surface area (Å²) in [5.41, 5.74) is 3.22. The van der Waals surface area contributed by atoms with Crippen molar-refractivity contribution >= 4 is 17.3 Å². The lowest BCUT2D eigenvalue weighted by molar-refractivity contribution is 0.0696. The lowest BCUT2D eigenvalue weighted by atomic mass is 9.86. The maximum absolute atomic E-state index is 11.0. The number of hydrogen-bond donors (Lipinski definition) is 1. The summed E-state index contributed by atoms with van der Waals surface area (Å²) >= 11 is 1.30. The van der Waals surface area contributed by atoms with E-state index in [2.05, 4.69) is 18.0 Å². The van der Waals surface area contributed by atoms with Gasteiger partial charge in [0.1, 0.15) is 0 Å². The fourth-order valence-corrected chi connectivity index (χ4v) is 3.37. The molecule has 3 nitrogen and oxygen atoms in total. The van der Waals surface area contributed by atoms with Crippen molar-refractivity contribution in [2.45, 2.75) is 19.3 Å². The zero-order chi connectivity index (χ0) is 12.0. The molecule has 1 aromatic carbocycles. The average Bonchev–Trinajstić information content (AvgIpc) is 2.73. The van der Waals surface area contributed by atoms with Crippen LogP contribution in [0.5, 0.6) is 0 Å². The number of carboxylic acid groups (broad SMARTS) is 1. The Morgan fingerprint density at radius 1 is 1.47 bits per heavy atom. The Labute approximate surface area is 103 Å². The lowest BCUT2D eigenvalue weighted by Crippen LogP contribution is -2.06. The van der Waals surface area contributed by atoms with Crippen molar-refractivity contribution < 1.29 is 9.90 Å². The van der Waals surface area contributed by atoms with E-state index in [4.69, 9.17) is 5.11 Å². The van der Waals surface area contributed by atoms with E-state index in [0.717, 1.165) is 22.6 Å². The van der Waals surface area contributed by atoms with Gasteiger partial charge in [-0.05, 0) is 17.9 Å². The maximum Gasteiger partial charge on any atom is 0.365 e. The molecule has 0 aliphatic heterocycles. The quantitative estimate of drug-likeness (QED) is 0.839. The number of fused-ring (bicyclic) bond motifs is 3. The Balaban J connectivity index is 2.22. The summed E-state index contributed by atoms with van der Waals surface area (Å²) < 4.78 is 0. The van der Waals surface area contributed by atoms with Gasteiger partial charge < -0.3 is 5.11 Å². The van der Waals surface area contributed by atoms with Crippen LogP contribution in [-0.4, -0.2) is 16.1 Å². The Kier molecular flexibility index (Phi) is 2.26.